The molecule has 1 aliphatic rings. The summed E-state index contributed by atoms with van der Waals surface area (Å²) >= 11 is 9.53. The highest BCUT2D eigenvalue weighted by molar-refractivity contribution is 9.09. The highest BCUT2D eigenvalue weighted by Crippen LogP contribution is 2.42. The summed E-state index contributed by atoms with van der Waals surface area (Å²) in [5.74, 6) is 0.568. The van der Waals surface area contributed by atoms with Crippen LogP contribution >= 0.6 is 27.5 Å². The molecule has 0 N–H and O–H groups in total. The first-order valence-electron chi connectivity index (χ1n) is 6.90. The van der Waals surface area contributed by atoms with Crippen LogP contribution in [0.15, 0.2) is 30.3 Å². The molecule has 0 aliphatic carbocycles. The van der Waals surface area contributed by atoms with Crippen molar-refractivity contribution in [3.8, 4) is 16.9 Å². The van der Waals surface area contributed by atoms with Crippen molar-refractivity contribution < 1.29 is 9.13 Å². The van der Waals surface area contributed by atoms with Gasteiger partial charge in [-0.15, -0.1) is 0 Å². The SMILES string of the molecule is Cc1ccc(Cl)cc1-c1cc(F)cc2c1OC(CCBr)C2. The molecule has 0 spiro atoms. The minimum atomic E-state index is -0.230. The molecule has 1 nitrogen and oxygen atoms in total. The van der Waals surface area contributed by atoms with E-state index in [9.17, 15) is 4.39 Å². The van der Waals surface area contributed by atoms with Gasteiger partial charge in [0.2, 0.25) is 0 Å². The maximum absolute atomic E-state index is 14.0. The van der Waals surface area contributed by atoms with Crippen LogP contribution in [0.25, 0.3) is 11.1 Å². The third kappa shape index (κ3) is 2.95. The van der Waals surface area contributed by atoms with Gasteiger partial charge < -0.3 is 4.74 Å². The molecule has 0 radical (unpaired) electrons. The number of halogens is 3. The van der Waals surface area contributed by atoms with Crippen molar-refractivity contribution >= 4 is 27.5 Å². The van der Waals surface area contributed by atoms with Gasteiger partial charge in [0.1, 0.15) is 17.7 Å². The van der Waals surface area contributed by atoms with Gasteiger partial charge in [0.25, 0.3) is 0 Å². The molecule has 1 aliphatic heterocycles. The second-order valence-corrected chi connectivity index (χ2v) is 6.55. The normalized spacial score (nSPS) is 16.7. The fourth-order valence-electron chi connectivity index (χ4n) is 2.76. The summed E-state index contributed by atoms with van der Waals surface area (Å²) in [6.45, 7) is 1.99. The van der Waals surface area contributed by atoms with Crippen LogP contribution in [0.2, 0.25) is 5.02 Å². The van der Waals surface area contributed by atoms with Crippen molar-refractivity contribution in [1.29, 1.82) is 0 Å². The number of hydrogen-bond acceptors (Lipinski definition) is 1. The van der Waals surface area contributed by atoms with Crippen molar-refractivity contribution in [1.82, 2.24) is 0 Å². The van der Waals surface area contributed by atoms with Crippen molar-refractivity contribution in [2.45, 2.75) is 25.9 Å². The Bertz CT molecular complexity index is 687. The Morgan fingerprint density at radius 1 is 1.29 bits per heavy atom. The molecule has 1 atom stereocenters. The Morgan fingerprint density at radius 2 is 2.10 bits per heavy atom. The van der Waals surface area contributed by atoms with Gasteiger partial charge in [-0.25, -0.2) is 4.39 Å². The summed E-state index contributed by atoms with van der Waals surface area (Å²) in [7, 11) is 0. The highest BCUT2D eigenvalue weighted by atomic mass is 79.9. The fourth-order valence-corrected chi connectivity index (χ4v) is 3.44. The third-order valence-corrected chi connectivity index (χ3v) is 4.48. The summed E-state index contributed by atoms with van der Waals surface area (Å²) in [4.78, 5) is 0. The summed E-state index contributed by atoms with van der Waals surface area (Å²) in [5, 5.41) is 1.52. The Labute approximate surface area is 137 Å². The van der Waals surface area contributed by atoms with E-state index in [-0.39, 0.29) is 11.9 Å². The van der Waals surface area contributed by atoms with Crippen LogP contribution in [0.3, 0.4) is 0 Å². The quantitative estimate of drug-likeness (QED) is 0.645. The van der Waals surface area contributed by atoms with Crippen LogP contribution in [0.5, 0.6) is 5.75 Å². The standard InChI is InChI=1S/C17H15BrClFO/c1-10-2-3-12(19)8-15(10)16-9-13(20)6-11-7-14(4-5-18)21-17(11)16/h2-3,6,8-9,14H,4-5,7H2,1H3. The highest BCUT2D eigenvalue weighted by Gasteiger charge is 2.27. The van der Waals surface area contributed by atoms with Crippen LogP contribution in [0.1, 0.15) is 17.5 Å². The number of fused-ring (bicyclic) bond motifs is 1. The van der Waals surface area contributed by atoms with Crippen molar-refractivity contribution in [3.05, 3.63) is 52.3 Å². The zero-order valence-corrected chi connectivity index (χ0v) is 14.0. The molecule has 0 saturated heterocycles. The van der Waals surface area contributed by atoms with E-state index >= 15 is 0 Å². The minimum absolute atomic E-state index is 0.111. The van der Waals surface area contributed by atoms with Crippen molar-refractivity contribution in [3.63, 3.8) is 0 Å². The van der Waals surface area contributed by atoms with E-state index in [2.05, 4.69) is 15.9 Å². The van der Waals surface area contributed by atoms with E-state index in [1.54, 1.807) is 6.07 Å². The lowest BCUT2D eigenvalue weighted by Crippen LogP contribution is -2.13. The van der Waals surface area contributed by atoms with E-state index in [4.69, 9.17) is 16.3 Å². The molecule has 0 fully saturated rings. The number of aryl methyl sites for hydroxylation is 1. The van der Waals surface area contributed by atoms with Crippen LogP contribution in [-0.2, 0) is 6.42 Å². The van der Waals surface area contributed by atoms with Gasteiger partial charge in [-0.3, -0.25) is 0 Å². The van der Waals surface area contributed by atoms with Crippen LogP contribution in [0, 0.1) is 12.7 Å². The smallest absolute Gasteiger partial charge is 0.131 e. The maximum Gasteiger partial charge on any atom is 0.131 e. The molecule has 4 heteroatoms. The number of benzene rings is 2. The lowest BCUT2D eigenvalue weighted by atomic mass is 9.97. The predicted octanol–water partition coefficient (Wildman–Crippen LogP) is 5.54. The molecular weight excluding hydrogens is 355 g/mol. The van der Waals surface area contributed by atoms with E-state index in [1.165, 1.54) is 6.07 Å². The average Bonchev–Trinajstić information content (AvgIpc) is 2.83. The molecule has 0 aromatic heterocycles. The summed E-state index contributed by atoms with van der Waals surface area (Å²) in [5.41, 5.74) is 3.72. The predicted molar refractivity (Wildman–Crippen MR) is 88.1 cm³/mol. The molecule has 3 rings (SSSR count). The topological polar surface area (TPSA) is 9.23 Å². The van der Waals surface area contributed by atoms with Crippen LogP contribution in [-0.4, -0.2) is 11.4 Å². The lowest BCUT2D eigenvalue weighted by molar-refractivity contribution is 0.231. The van der Waals surface area contributed by atoms with Crippen LogP contribution < -0.4 is 4.74 Å². The molecule has 2 aromatic rings. The molecule has 0 bridgehead atoms. The van der Waals surface area contributed by atoms with E-state index in [0.29, 0.717) is 5.02 Å². The van der Waals surface area contributed by atoms with Gasteiger partial charge in [0.15, 0.2) is 0 Å². The Kier molecular flexibility index (Phi) is 4.23. The molecule has 110 valence electrons. The Balaban J connectivity index is 2.11. The van der Waals surface area contributed by atoms with Crippen molar-refractivity contribution in [2.24, 2.45) is 0 Å². The maximum atomic E-state index is 14.0. The Hall–Kier alpha value is -1.06. The zero-order valence-electron chi connectivity index (χ0n) is 11.6. The lowest BCUT2D eigenvalue weighted by Gasteiger charge is -2.13. The largest absolute Gasteiger partial charge is 0.489 e. The number of rotatable bonds is 3. The minimum Gasteiger partial charge on any atom is -0.489 e. The Morgan fingerprint density at radius 3 is 2.86 bits per heavy atom. The van der Waals surface area contributed by atoms with Gasteiger partial charge in [-0.1, -0.05) is 33.6 Å². The summed E-state index contributed by atoms with van der Waals surface area (Å²) < 4.78 is 20.0. The van der Waals surface area contributed by atoms with Gasteiger partial charge in [0.05, 0.1) is 0 Å². The molecule has 2 aromatic carbocycles. The van der Waals surface area contributed by atoms with E-state index < -0.39 is 0 Å². The second kappa shape index (κ2) is 5.98. The zero-order chi connectivity index (χ0) is 15.0. The van der Waals surface area contributed by atoms with E-state index in [0.717, 1.165) is 46.2 Å². The van der Waals surface area contributed by atoms with Crippen LogP contribution in [0.4, 0.5) is 4.39 Å². The molecule has 1 unspecified atom stereocenters. The van der Waals surface area contributed by atoms with Gasteiger partial charge in [0, 0.05) is 27.9 Å². The molecule has 0 saturated carbocycles. The number of hydrogen-bond donors (Lipinski definition) is 0. The average molecular weight is 370 g/mol. The van der Waals surface area contributed by atoms with Gasteiger partial charge in [-0.05, 0) is 48.7 Å². The van der Waals surface area contributed by atoms with Gasteiger partial charge in [-0.2, -0.15) is 0 Å². The van der Waals surface area contributed by atoms with Gasteiger partial charge >= 0.3 is 0 Å². The molecular formula is C17H15BrClFO. The number of alkyl halides is 1. The fraction of sp³-hybridized carbons (Fsp3) is 0.294. The monoisotopic (exact) mass is 368 g/mol. The summed E-state index contributed by atoms with van der Waals surface area (Å²) in [6, 6.07) is 8.77. The molecule has 21 heavy (non-hydrogen) atoms. The first kappa shape index (κ1) is 14.9. The first-order chi connectivity index (χ1) is 10.1. The third-order valence-electron chi connectivity index (χ3n) is 3.78. The first-order valence-corrected chi connectivity index (χ1v) is 8.40. The molecule has 0 amide bonds. The second-order valence-electron chi connectivity index (χ2n) is 5.32. The van der Waals surface area contributed by atoms with E-state index in [1.807, 2.05) is 25.1 Å². The van der Waals surface area contributed by atoms with Crippen molar-refractivity contribution in [2.75, 3.05) is 5.33 Å². The molecule has 1 heterocycles. The summed E-state index contributed by atoms with van der Waals surface area (Å²) in [6.07, 6.45) is 1.77. The number of ether oxygens (including phenoxy) is 1.